The minimum atomic E-state index is 0.190. The van der Waals surface area contributed by atoms with E-state index in [1.54, 1.807) is 0 Å². The molecule has 4 rings (SSSR count). The van der Waals surface area contributed by atoms with E-state index >= 15 is 0 Å². The molecule has 1 amide bonds. The van der Waals surface area contributed by atoms with E-state index in [1.807, 2.05) is 23.1 Å². The summed E-state index contributed by atoms with van der Waals surface area (Å²) in [7, 11) is 0. The van der Waals surface area contributed by atoms with Crippen LogP contribution in [-0.2, 0) is 11.2 Å². The summed E-state index contributed by atoms with van der Waals surface area (Å²) < 4.78 is 2.09. The minimum absolute atomic E-state index is 0.190. The molecule has 0 aliphatic carbocycles. The molecular formula is C24H28N4OS. The smallest absolute Gasteiger partial charge is 0.233 e. The highest BCUT2D eigenvalue weighted by Gasteiger charge is 2.22. The van der Waals surface area contributed by atoms with Gasteiger partial charge in [-0.3, -0.25) is 9.36 Å². The van der Waals surface area contributed by atoms with Crippen molar-refractivity contribution in [3.05, 3.63) is 71.5 Å². The number of nitrogens with zero attached hydrogens (tertiary/aromatic N) is 4. The van der Waals surface area contributed by atoms with Gasteiger partial charge in [-0.15, -0.1) is 10.2 Å². The average molecular weight is 421 g/mol. The SMILES string of the molecule is Cc1ccc(-n2c(Cc3ccccc3)nnc2SCC(=O)N2CCC(C)CC2)cc1. The molecule has 2 aromatic carbocycles. The minimum Gasteiger partial charge on any atom is -0.342 e. The van der Waals surface area contributed by atoms with Crippen LogP contribution in [0.15, 0.2) is 59.8 Å². The molecule has 0 spiro atoms. The summed E-state index contributed by atoms with van der Waals surface area (Å²) in [5, 5.41) is 9.69. The maximum Gasteiger partial charge on any atom is 0.233 e. The fraction of sp³-hybridized carbons (Fsp3) is 0.375. The molecule has 1 aliphatic rings. The number of aromatic nitrogens is 3. The number of hydrogen-bond donors (Lipinski definition) is 0. The molecule has 0 unspecified atom stereocenters. The number of amides is 1. The second-order valence-electron chi connectivity index (χ2n) is 8.08. The number of aryl methyl sites for hydroxylation is 1. The lowest BCUT2D eigenvalue weighted by atomic mass is 9.99. The molecule has 0 N–H and O–H groups in total. The second-order valence-corrected chi connectivity index (χ2v) is 9.03. The van der Waals surface area contributed by atoms with Gasteiger partial charge in [-0.25, -0.2) is 0 Å². The van der Waals surface area contributed by atoms with Crippen LogP contribution < -0.4 is 0 Å². The molecule has 0 saturated carbocycles. The van der Waals surface area contributed by atoms with Crippen molar-refractivity contribution in [3.8, 4) is 5.69 Å². The monoisotopic (exact) mass is 420 g/mol. The normalized spacial score (nSPS) is 14.8. The first-order valence-corrected chi connectivity index (χ1v) is 11.5. The molecule has 30 heavy (non-hydrogen) atoms. The summed E-state index contributed by atoms with van der Waals surface area (Å²) in [5.74, 6) is 2.18. The lowest BCUT2D eigenvalue weighted by molar-refractivity contribution is -0.129. The third-order valence-corrected chi connectivity index (χ3v) is 6.57. The molecule has 156 valence electrons. The van der Waals surface area contributed by atoms with Crippen molar-refractivity contribution in [2.24, 2.45) is 5.92 Å². The molecule has 1 fully saturated rings. The predicted molar refractivity (Wildman–Crippen MR) is 121 cm³/mol. The number of carbonyl (C=O) groups excluding carboxylic acids is 1. The van der Waals surface area contributed by atoms with Gasteiger partial charge in [-0.1, -0.05) is 66.7 Å². The maximum absolute atomic E-state index is 12.7. The highest BCUT2D eigenvalue weighted by molar-refractivity contribution is 7.99. The summed E-state index contributed by atoms with van der Waals surface area (Å²) in [6.45, 7) is 6.07. The number of benzene rings is 2. The first kappa shape index (κ1) is 20.7. The van der Waals surface area contributed by atoms with E-state index in [0.29, 0.717) is 18.1 Å². The van der Waals surface area contributed by atoms with E-state index in [2.05, 4.69) is 65.0 Å². The van der Waals surface area contributed by atoms with Gasteiger partial charge < -0.3 is 4.90 Å². The number of carbonyl (C=O) groups is 1. The summed E-state index contributed by atoms with van der Waals surface area (Å²) in [6, 6.07) is 18.7. The molecular weight excluding hydrogens is 392 g/mol. The van der Waals surface area contributed by atoms with Crippen molar-refractivity contribution in [2.75, 3.05) is 18.8 Å². The number of rotatable bonds is 6. The Bertz CT molecular complexity index is 976. The molecule has 2 heterocycles. The van der Waals surface area contributed by atoms with Crippen molar-refractivity contribution in [2.45, 2.75) is 38.3 Å². The van der Waals surface area contributed by atoms with Crippen molar-refractivity contribution in [3.63, 3.8) is 0 Å². The Morgan fingerprint density at radius 2 is 1.73 bits per heavy atom. The second kappa shape index (κ2) is 9.47. The topological polar surface area (TPSA) is 51.0 Å². The quantitative estimate of drug-likeness (QED) is 0.550. The molecule has 0 radical (unpaired) electrons. The lowest BCUT2D eigenvalue weighted by Crippen LogP contribution is -2.38. The molecule has 1 saturated heterocycles. The highest BCUT2D eigenvalue weighted by atomic mass is 32.2. The van der Waals surface area contributed by atoms with Crippen LogP contribution in [0.5, 0.6) is 0 Å². The van der Waals surface area contributed by atoms with Crippen LogP contribution >= 0.6 is 11.8 Å². The average Bonchev–Trinajstić information content (AvgIpc) is 3.16. The van der Waals surface area contributed by atoms with Crippen LogP contribution in [0.4, 0.5) is 0 Å². The zero-order chi connectivity index (χ0) is 20.9. The lowest BCUT2D eigenvalue weighted by Gasteiger charge is -2.30. The van der Waals surface area contributed by atoms with E-state index < -0.39 is 0 Å². The number of likely N-dealkylation sites (tertiary alicyclic amines) is 1. The van der Waals surface area contributed by atoms with E-state index in [4.69, 9.17) is 0 Å². The summed E-state index contributed by atoms with van der Waals surface area (Å²) in [4.78, 5) is 14.7. The molecule has 5 nitrogen and oxygen atoms in total. The van der Waals surface area contributed by atoms with Gasteiger partial charge in [0, 0.05) is 25.2 Å². The van der Waals surface area contributed by atoms with E-state index in [-0.39, 0.29) is 5.91 Å². The largest absolute Gasteiger partial charge is 0.342 e. The summed E-state index contributed by atoms with van der Waals surface area (Å²) in [5.41, 5.74) is 3.42. The van der Waals surface area contributed by atoms with Crippen LogP contribution in [0, 0.1) is 12.8 Å². The number of thioether (sulfide) groups is 1. The van der Waals surface area contributed by atoms with Crippen molar-refractivity contribution in [1.82, 2.24) is 19.7 Å². The molecule has 6 heteroatoms. The number of piperidine rings is 1. The first-order valence-electron chi connectivity index (χ1n) is 10.6. The van der Waals surface area contributed by atoms with Crippen LogP contribution in [0.2, 0.25) is 0 Å². The molecule has 1 aromatic heterocycles. The molecule has 3 aromatic rings. The molecule has 1 aliphatic heterocycles. The maximum atomic E-state index is 12.7. The fourth-order valence-electron chi connectivity index (χ4n) is 3.72. The standard InChI is InChI=1S/C24H28N4OS/c1-18-8-10-21(11-9-18)28-22(16-20-6-4-3-5-7-20)25-26-24(28)30-17-23(29)27-14-12-19(2)13-15-27/h3-11,19H,12-17H2,1-2H3. The van der Waals surface area contributed by atoms with E-state index in [9.17, 15) is 4.79 Å². The van der Waals surface area contributed by atoms with Crippen molar-refractivity contribution >= 4 is 17.7 Å². The Labute approximate surface area is 182 Å². The third kappa shape index (κ3) is 4.93. The molecule has 0 bridgehead atoms. The van der Waals surface area contributed by atoms with Gasteiger partial charge in [0.1, 0.15) is 5.82 Å². The van der Waals surface area contributed by atoms with Gasteiger partial charge in [-0.2, -0.15) is 0 Å². The van der Waals surface area contributed by atoms with Crippen molar-refractivity contribution < 1.29 is 4.79 Å². The Morgan fingerprint density at radius 3 is 2.43 bits per heavy atom. The van der Waals surface area contributed by atoms with Crippen molar-refractivity contribution in [1.29, 1.82) is 0 Å². The van der Waals surface area contributed by atoms with E-state index in [0.717, 1.165) is 42.6 Å². The summed E-state index contributed by atoms with van der Waals surface area (Å²) >= 11 is 1.48. The Balaban J connectivity index is 1.54. The van der Waals surface area contributed by atoms with Crippen LogP contribution in [0.25, 0.3) is 5.69 Å². The van der Waals surface area contributed by atoms with Gasteiger partial charge in [-0.05, 0) is 43.4 Å². The van der Waals surface area contributed by atoms with Gasteiger partial charge in [0.05, 0.1) is 5.75 Å². The Kier molecular flexibility index (Phi) is 6.53. The van der Waals surface area contributed by atoms with Gasteiger partial charge in [0.15, 0.2) is 5.16 Å². The van der Waals surface area contributed by atoms with Gasteiger partial charge in [0.25, 0.3) is 0 Å². The third-order valence-electron chi connectivity index (χ3n) is 5.66. The van der Waals surface area contributed by atoms with Crippen LogP contribution in [0.1, 0.15) is 36.7 Å². The van der Waals surface area contributed by atoms with Crippen LogP contribution in [-0.4, -0.2) is 44.4 Å². The summed E-state index contributed by atoms with van der Waals surface area (Å²) in [6.07, 6.45) is 2.88. The Morgan fingerprint density at radius 1 is 1.03 bits per heavy atom. The Hall–Kier alpha value is -2.60. The fourth-order valence-corrected chi connectivity index (χ4v) is 4.59. The van der Waals surface area contributed by atoms with Gasteiger partial charge in [0.2, 0.25) is 5.91 Å². The molecule has 0 atom stereocenters. The first-order chi connectivity index (χ1) is 14.6. The van der Waals surface area contributed by atoms with E-state index in [1.165, 1.54) is 22.9 Å². The van der Waals surface area contributed by atoms with Gasteiger partial charge >= 0.3 is 0 Å². The highest BCUT2D eigenvalue weighted by Crippen LogP contribution is 2.25. The zero-order valence-electron chi connectivity index (χ0n) is 17.6. The zero-order valence-corrected chi connectivity index (χ0v) is 18.4. The predicted octanol–water partition coefficient (Wildman–Crippen LogP) is 4.52. The number of hydrogen-bond acceptors (Lipinski definition) is 4. The van der Waals surface area contributed by atoms with Crippen LogP contribution in [0.3, 0.4) is 0 Å².